The number of rotatable bonds is 5. The highest BCUT2D eigenvalue weighted by Crippen LogP contribution is 2.29. The van der Waals surface area contributed by atoms with Crippen molar-refractivity contribution in [3.63, 3.8) is 0 Å². The minimum absolute atomic E-state index is 0.0426. The third-order valence-electron chi connectivity index (χ3n) is 4.60. The van der Waals surface area contributed by atoms with Crippen molar-refractivity contribution < 1.29 is 13.9 Å². The van der Waals surface area contributed by atoms with Crippen molar-refractivity contribution in [1.29, 1.82) is 0 Å². The number of hydrogen-bond acceptors (Lipinski definition) is 3. The molecule has 3 rings (SSSR count). The van der Waals surface area contributed by atoms with E-state index in [4.69, 9.17) is 27.9 Å². The third-order valence-corrected chi connectivity index (χ3v) is 5.14. The zero-order valence-corrected chi connectivity index (χ0v) is 16.5. The molecule has 1 atom stereocenters. The van der Waals surface area contributed by atoms with Gasteiger partial charge < -0.3 is 14.5 Å². The summed E-state index contributed by atoms with van der Waals surface area (Å²) in [5.41, 5.74) is 1.76. The summed E-state index contributed by atoms with van der Waals surface area (Å²) in [6.45, 7) is 4.60. The Hall–Kier alpha value is -1.82. The van der Waals surface area contributed by atoms with Gasteiger partial charge in [0, 0.05) is 31.2 Å². The predicted octanol–water partition coefficient (Wildman–Crippen LogP) is 4.39. The molecular weight excluding hydrogens is 390 g/mol. The molecule has 1 amide bonds. The van der Waals surface area contributed by atoms with Crippen LogP contribution in [0.3, 0.4) is 0 Å². The van der Waals surface area contributed by atoms with E-state index in [-0.39, 0.29) is 18.3 Å². The maximum atomic E-state index is 12.9. The van der Waals surface area contributed by atoms with Crippen LogP contribution in [0.1, 0.15) is 12.5 Å². The van der Waals surface area contributed by atoms with Crippen LogP contribution in [0.4, 0.5) is 10.1 Å². The lowest BCUT2D eigenvalue weighted by Crippen LogP contribution is -2.51. The molecule has 0 radical (unpaired) electrons. The molecule has 1 aliphatic rings. The van der Waals surface area contributed by atoms with Gasteiger partial charge >= 0.3 is 0 Å². The highest BCUT2D eigenvalue weighted by atomic mass is 35.5. The topological polar surface area (TPSA) is 32.8 Å². The van der Waals surface area contributed by atoms with E-state index < -0.39 is 6.10 Å². The van der Waals surface area contributed by atoms with Gasteiger partial charge in [-0.2, -0.15) is 0 Å². The first-order valence-electron chi connectivity index (χ1n) is 8.79. The van der Waals surface area contributed by atoms with E-state index in [1.165, 1.54) is 12.1 Å². The molecule has 0 bridgehead atoms. The van der Waals surface area contributed by atoms with Crippen LogP contribution in [0.15, 0.2) is 42.5 Å². The first-order valence-corrected chi connectivity index (χ1v) is 9.54. The summed E-state index contributed by atoms with van der Waals surface area (Å²) in [4.78, 5) is 16.6. The lowest BCUT2D eigenvalue weighted by molar-refractivity contribution is -0.143. The van der Waals surface area contributed by atoms with E-state index in [0.29, 0.717) is 36.2 Å². The van der Waals surface area contributed by atoms with Crippen molar-refractivity contribution >= 4 is 34.8 Å². The van der Waals surface area contributed by atoms with Gasteiger partial charge in [-0.3, -0.25) is 4.79 Å². The maximum Gasteiger partial charge on any atom is 0.251 e. The summed E-state index contributed by atoms with van der Waals surface area (Å²) in [7, 11) is 0. The maximum absolute atomic E-state index is 12.9. The Bertz CT molecular complexity index is 793. The number of carbonyl (C=O) groups is 1. The second-order valence-corrected chi connectivity index (χ2v) is 7.33. The van der Waals surface area contributed by atoms with Crippen molar-refractivity contribution in [3.8, 4) is 0 Å². The quantitative estimate of drug-likeness (QED) is 0.732. The first-order chi connectivity index (χ1) is 12.9. The molecule has 1 unspecified atom stereocenters. The van der Waals surface area contributed by atoms with Crippen molar-refractivity contribution in [1.82, 2.24) is 4.90 Å². The van der Waals surface area contributed by atoms with Gasteiger partial charge in [0.15, 0.2) is 0 Å². The molecular formula is C20H21Cl2FN2O2. The van der Waals surface area contributed by atoms with E-state index in [1.807, 2.05) is 12.1 Å². The van der Waals surface area contributed by atoms with Crippen molar-refractivity contribution in [2.24, 2.45) is 0 Å². The van der Waals surface area contributed by atoms with Gasteiger partial charge in [0.25, 0.3) is 5.91 Å². The monoisotopic (exact) mass is 410 g/mol. The molecule has 7 heteroatoms. The summed E-state index contributed by atoms with van der Waals surface area (Å²) in [5.74, 6) is -0.333. The molecule has 1 aliphatic heterocycles. The molecule has 2 aromatic carbocycles. The van der Waals surface area contributed by atoms with E-state index in [2.05, 4.69) is 4.90 Å². The average Bonchev–Trinajstić information content (AvgIpc) is 2.67. The average molecular weight is 411 g/mol. The van der Waals surface area contributed by atoms with Gasteiger partial charge in [-0.1, -0.05) is 35.3 Å². The highest BCUT2D eigenvalue weighted by molar-refractivity contribution is 6.36. The van der Waals surface area contributed by atoms with Crippen LogP contribution < -0.4 is 4.90 Å². The number of anilines is 1. The second kappa shape index (κ2) is 8.91. The van der Waals surface area contributed by atoms with E-state index >= 15 is 0 Å². The van der Waals surface area contributed by atoms with Gasteiger partial charge in [0.05, 0.1) is 17.3 Å². The Morgan fingerprint density at radius 3 is 2.41 bits per heavy atom. The Balaban J connectivity index is 1.50. The summed E-state index contributed by atoms with van der Waals surface area (Å²) in [6.07, 6.45) is -0.555. The van der Waals surface area contributed by atoms with E-state index in [9.17, 15) is 9.18 Å². The fourth-order valence-electron chi connectivity index (χ4n) is 3.04. The van der Waals surface area contributed by atoms with Crippen molar-refractivity contribution in [2.45, 2.75) is 19.6 Å². The fraction of sp³-hybridized carbons (Fsp3) is 0.350. The van der Waals surface area contributed by atoms with Gasteiger partial charge in [0.2, 0.25) is 0 Å². The lowest BCUT2D eigenvalue weighted by Gasteiger charge is -2.37. The second-order valence-electron chi connectivity index (χ2n) is 6.49. The molecule has 0 aliphatic carbocycles. The number of amides is 1. The molecule has 0 spiro atoms. The Labute approximate surface area is 168 Å². The minimum atomic E-state index is -0.555. The molecule has 1 saturated heterocycles. The Morgan fingerprint density at radius 2 is 1.78 bits per heavy atom. The summed E-state index contributed by atoms with van der Waals surface area (Å²) in [6, 6.07) is 11.5. The van der Waals surface area contributed by atoms with Crippen LogP contribution >= 0.6 is 23.2 Å². The Kier molecular flexibility index (Phi) is 6.58. The largest absolute Gasteiger partial charge is 0.367 e. The van der Waals surface area contributed by atoms with Gasteiger partial charge in [-0.05, 0) is 42.8 Å². The van der Waals surface area contributed by atoms with Crippen LogP contribution in [-0.2, 0) is 16.1 Å². The molecule has 0 saturated carbocycles. The van der Waals surface area contributed by atoms with E-state index in [1.54, 1.807) is 30.0 Å². The first kappa shape index (κ1) is 19.9. The number of carbonyl (C=O) groups excluding carboxylic acids is 1. The minimum Gasteiger partial charge on any atom is -0.367 e. The van der Waals surface area contributed by atoms with Gasteiger partial charge in [-0.25, -0.2) is 4.39 Å². The SMILES string of the molecule is CC(OCc1ccc(F)cc1)C(=O)N1CCN(c2ccc(Cl)cc2Cl)CC1. The number of piperazine rings is 1. The molecule has 0 aromatic heterocycles. The summed E-state index contributed by atoms with van der Waals surface area (Å²) < 4.78 is 18.6. The number of hydrogen-bond donors (Lipinski definition) is 0. The van der Waals surface area contributed by atoms with Crippen molar-refractivity contribution in [3.05, 3.63) is 63.9 Å². The predicted molar refractivity (Wildman–Crippen MR) is 106 cm³/mol. The zero-order chi connectivity index (χ0) is 19.4. The standard InChI is InChI=1S/C20H21Cl2FN2O2/c1-14(27-13-15-2-5-17(23)6-3-15)20(26)25-10-8-24(9-11-25)19-7-4-16(21)12-18(19)22/h2-7,12,14H,8-11,13H2,1H3. The number of nitrogens with zero attached hydrogens (tertiary/aromatic N) is 2. The summed E-state index contributed by atoms with van der Waals surface area (Å²) in [5, 5.41) is 1.21. The summed E-state index contributed by atoms with van der Waals surface area (Å²) >= 11 is 12.2. The molecule has 27 heavy (non-hydrogen) atoms. The van der Waals surface area contributed by atoms with Crippen LogP contribution in [0, 0.1) is 5.82 Å². The van der Waals surface area contributed by atoms with E-state index in [0.717, 1.165) is 11.3 Å². The molecule has 4 nitrogen and oxygen atoms in total. The molecule has 144 valence electrons. The third kappa shape index (κ3) is 5.12. The molecule has 1 fully saturated rings. The van der Waals surface area contributed by atoms with Gasteiger partial charge in [0.1, 0.15) is 11.9 Å². The number of halogens is 3. The number of benzene rings is 2. The molecule has 2 aromatic rings. The van der Waals surface area contributed by atoms with Crippen LogP contribution in [0.5, 0.6) is 0 Å². The number of ether oxygens (including phenoxy) is 1. The Morgan fingerprint density at radius 1 is 1.11 bits per heavy atom. The molecule has 0 N–H and O–H groups in total. The van der Waals surface area contributed by atoms with Crippen LogP contribution in [0.25, 0.3) is 0 Å². The normalized spacial score (nSPS) is 15.7. The van der Waals surface area contributed by atoms with Crippen LogP contribution in [0.2, 0.25) is 10.0 Å². The smallest absolute Gasteiger partial charge is 0.251 e. The van der Waals surface area contributed by atoms with Gasteiger partial charge in [-0.15, -0.1) is 0 Å². The lowest BCUT2D eigenvalue weighted by atomic mass is 10.2. The van der Waals surface area contributed by atoms with Crippen LogP contribution in [-0.4, -0.2) is 43.1 Å². The van der Waals surface area contributed by atoms with Crippen molar-refractivity contribution in [2.75, 3.05) is 31.1 Å². The fourth-order valence-corrected chi connectivity index (χ4v) is 3.56. The molecule has 1 heterocycles. The zero-order valence-electron chi connectivity index (χ0n) is 15.0. The highest BCUT2D eigenvalue weighted by Gasteiger charge is 2.26.